The highest BCUT2D eigenvalue weighted by molar-refractivity contribution is 5.85. The van der Waals surface area contributed by atoms with E-state index in [0.717, 1.165) is 38.1 Å². The Hall–Kier alpha value is -1.26. The number of amides is 1. The maximum absolute atomic E-state index is 12.5. The summed E-state index contributed by atoms with van der Waals surface area (Å²) in [5.74, 6) is 1.21. The van der Waals surface area contributed by atoms with E-state index in [0.29, 0.717) is 18.6 Å². The highest BCUT2D eigenvalue weighted by Crippen LogP contribution is 2.25. The fourth-order valence-electron chi connectivity index (χ4n) is 3.80. The molecule has 0 bridgehead atoms. The van der Waals surface area contributed by atoms with Crippen LogP contribution >= 0.6 is 12.4 Å². The van der Waals surface area contributed by atoms with Crippen molar-refractivity contribution in [3.63, 3.8) is 0 Å². The molecular formula is C20H31ClN2O2. The summed E-state index contributed by atoms with van der Waals surface area (Å²) >= 11 is 0. The molecule has 0 unspecified atom stereocenters. The number of carbonyl (C=O) groups is 1. The molecule has 0 radical (unpaired) electrons. The highest BCUT2D eigenvalue weighted by Gasteiger charge is 2.21. The van der Waals surface area contributed by atoms with Crippen LogP contribution in [-0.2, 0) is 11.2 Å². The number of benzene rings is 1. The maximum atomic E-state index is 12.5. The largest absolute Gasteiger partial charge is 0.490 e. The number of piperidine rings is 1. The number of hydrogen-bond donors (Lipinski definition) is 1. The third-order valence-corrected chi connectivity index (χ3v) is 5.38. The summed E-state index contributed by atoms with van der Waals surface area (Å²) in [6.07, 6.45) is 8.77. The lowest BCUT2D eigenvalue weighted by Gasteiger charge is -2.31. The van der Waals surface area contributed by atoms with Gasteiger partial charge in [0, 0.05) is 19.5 Å². The molecule has 0 aromatic heterocycles. The Morgan fingerprint density at radius 3 is 2.64 bits per heavy atom. The van der Waals surface area contributed by atoms with Crippen LogP contribution in [0.5, 0.6) is 5.75 Å². The van der Waals surface area contributed by atoms with Crippen molar-refractivity contribution >= 4 is 18.3 Å². The number of nitrogens with zero attached hydrogens (tertiary/aromatic N) is 1. The predicted octanol–water partition coefficient (Wildman–Crippen LogP) is 3.57. The van der Waals surface area contributed by atoms with Gasteiger partial charge in [0.1, 0.15) is 5.75 Å². The van der Waals surface area contributed by atoms with E-state index in [4.69, 9.17) is 4.74 Å². The average Bonchev–Trinajstić information content (AvgIpc) is 3.13. The molecule has 3 rings (SSSR count). The van der Waals surface area contributed by atoms with Gasteiger partial charge in [0.2, 0.25) is 5.91 Å². The minimum atomic E-state index is 0. The summed E-state index contributed by atoms with van der Waals surface area (Å²) in [6, 6.07) is 8.68. The smallest absolute Gasteiger partial charge is 0.222 e. The Labute approximate surface area is 157 Å². The Morgan fingerprint density at radius 1 is 1.20 bits per heavy atom. The zero-order chi connectivity index (χ0) is 16.8. The molecule has 1 aromatic carbocycles. The van der Waals surface area contributed by atoms with Gasteiger partial charge < -0.3 is 15.0 Å². The first kappa shape index (κ1) is 20.1. The molecule has 1 aliphatic heterocycles. The first-order valence-electron chi connectivity index (χ1n) is 9.44. The van der Waals surface area contributed by atoms with Gasteiger partial charge in [0.25, 0.3) is 0 Å². The SMILES string of the molecule is CN(C(=O)CCc1cccc(OC2CCCC2)c1)C1CCNCC1.Cl. The first-order chi connectivity index (χ1) is 11.7. The highest BCUT2D eigenvalue weighted by atomic mass is 35.5. The van der Waals surface area contributed by atoms with Crippen molar-refractivity contribution in [1.29, 1.82) is 0 Å². The topological polar surface area (TPSA) is 41.6 Å². The lowest BCUT2D eigenvalue weighted by Crippen LogP contribution is -2.44. The van der Waals surface area contributed by atoms with Gasteiger partial charge in [-0.3, -0.25) is 4.79 Å². The van der Waals surface area contributed by atoms with Crippen LogP contribution in [0.4, 0.5) is 0 Å². The van der Waals surface area contributed by atoms with Crippen LogP contribution in [0.3, 0.4) is 0 Å². The van der Waals surface area contributed by atoms with Crippen LogP contribution in [0, 0.1) is 0 Å². The van der Waals surface area contributed by atoms with Crippen molar-refractivity contribution in [1.82, 2.24) is 10.2 Å². The van der Waals surface area contributed by atoms with Crippen LogP contribution in [0.25, 0.3) is 0 Å². The van der Waals surface area contributed by atoms with E-state index >= 15 is 0 Å². The third kappa shape index (κ3) is 5.89. The van der Waals surface area contributed by atoms with Gasteiger partial charge in [-0.1, -0.05) is 12.1 Å². The van der Waals surface area contributed by atoms with Crippen molar-refractivity contribution in [2.75, 3.05) is 20.1 Å². The Bertz CT molecular complexity index is 540. The summed E-state index contributed by atoms with van der Waals surface area (Å²) in [5.41, 5.74) is 1.19. The number of halogens is 1. The number of hydrogen-bond acceptors (Lipinski definition) is 3. The van der Waals surface area contributed by atoms with Gasteiger partial charge in [-0.25, -0.2) is 0 Å². The monoisotopic (exact) mass is 366 g/mol. The second-order valence-electron chi connectivity index (χ2n) is 7.16. The molecule has 1 amide bonds. The molecule has 1 aromatic rings. The molecule has 2 fully saturated rings. The molecular weight excluding hydrogens is 336 g/mol. The number of nitrogens with one attached hydrogen (secondary N) is 1. The molecule has 1 aliphatic carbocycles. The first-order valence-corrected chi connectivity index (χ1v) is 9.44. The van der Waals surface area contributed by atoms with E-state index in [2.05, 4.69) is 17.4 Å². The van der Waals surface area contributed by atoms with E-state index in [-0.39, 0.29) is 18.3 Å². The van der Waals surface area contributed by atoms with Gasteiger partial charge >= 0.3 is 0 Å². The Kier molecular flexibility index (Phi) is 8.04. The number of aryl methyl sites for hydroxylation is 1. The normalized spacial score (nSPS) is 18.6. The summed E-state index contributed by atoms with van der Waals surface area (Å²) in [5, 5.41) is 3.35. The molecule has 0 spiro atoms. The van der Waals surface area contributed by atoms with E-state index in [1.54, 1.807) is 0 Å². The lowest BCUT2D eigenvalue weighted by atomic mass is 10.0. The molecule has 25 heavy (non-hydrogen) atoms. The summed E-state index contributed by atoms with van der Waals surface area (Å²) in [4.78, 5) is 14.4. The quantitative estimate of drug-likeness (QED) is 0.836. The minimum Gasteiger partial charge on any atom is -0.490 e. The molecule has 0 atom stereocenters. The number of ether oxygens (including phenoxy) is 1. The van der Waals surface area contributed by atoms with Gasteiger partial charge in [0.15, 0.2) is 0 Å². The third-order valence-electron chi connectivity index (χ3n) is 5.38. The number of rotatable bonds is 6. The van der Waals surface area contributed by atoms with Crippen LogP contribution in [0.1, 0.15) is 50.5 Å². The van der Waals surface area contributed by atoms with E-state index in [1.165, 1.54) is 31.2 Å². The van der Waals surface area contributed by atoms with Gasteiger partial charge in [-0.05, 0) is 75.7 Å². The van der Waals surface area contributed by atoms with Crippen molar-refractivity contribution in [2.45, 2.75) is 63.5 Å². The van der Waals surface area contributed by atoms with Crippen molar-refractivity contribution < 1.29 is 9.53 Å². The van der Waals surface area contributed by atoms with Gasteiger partial charge in [0.05, 0.1) is 6.10 Å². The van der Waals surface area contributed by atoms with Crippen LogP contribution in [0.15, 0.2) is 24.3 Å². The molecule has 4 nitrogen and oxygen atoms in total. The molecule has 1 saturated carbocycles. The zero-order valence-corrected chi connectivity index (χ0v) is 16.0. The molecule has 140 valence electrons. The minimum absolute atomic E-state index is 0. The van der Waals surface area contributed by atoms with E-state index in [1.807, 2.05) is 24.1 Å². The zero-order valence-electron chi connectivity index (χ0n) is 15.2. The lowest BCUT2D eigenvalue weighted by molar-refractivity contribution is -0.132. The molecule has 1 heterocycles. The molecule has 1 N–H and O–H groups in total. The summed E-state index contributed by atoms with van der Waals surface area (Å²) in [7, 11) is 1.96. The van der Waals surface area contributed by atoms with E-state index < -0.39 is 0 Å². The second-order valence-corrected chi connectivity index (χ2v) is 7.16. The van der Waals surface area contributed by atoms with Crippen molar-refractivity contribution in [3.05, 3.63) is 29.8 Å². The summed E-state index contributed by atoms with van der Waals surface area (Å²) < 4.78 is 6.06. The second kappa shape index (κ2) is 10.0. The fraction of sp³-hybridized carbons (Fsp3) is 0.650. The van der Waals surface area contributed by atoms with Crippen molar-refractivity contribution in [2.24, 2.45) is 0 Å². The van der Waals surface area contributed by atoms with Crippen LogP contribution in [0.2, 0.25) is 0 Å². The van der Waals surface area contributed by atoms with Gasteiger partial charge in [-0.15, -0.1) is 12.4 Å². The molecule has 1 saturated heterocycles. The molecule has 2 aliphatic rings. The fourth-order valence-corrected chi connectivity index (χ4v) is 3.80. The predicted molar refractivity (Wildman–Crippen MR) is 104 cm³/mol. The number of carbonyl (C=O) groups excluding carboxylic acids is 1. The maximum Gasteiger partial charge on any atom is 0.222 e. The van der Waals surface area contributed by atoms with E-state index in [9.17, 15) is 4.79 Å². The average molecular weight is 367 g/mol. The Morgan fingerprint density at radius 2 is 1.92 bits per heavy atom. The van der Waals surface area contributed by atoms with Crippen LogP contribution in [-0.4, -0.2) is 43.1 Å². The standard InChI is InChI=1S/C20H30N2O2.ClH/c1-22(17-11-13-21-14-12-17)20(23)10-9-16-5-4-8-19(15-16)24-18-6-2-3-7-18;/h4-5,8,15,17-18,21H,2-3,6-7,9-14H2,1H3;1H. The Balaban J connectivity index is 0.00000225. The van der Waals surface area contributed by atoms with Crippen molar-refractivity contribution in [3.8, 4) is 5.75 Å². The van der Waals surface area contributed by atoms with Crippen LogP contribution < -0.4 is 10.1 Å². The summed E-state index contributed by atoms with van der Waals surface area (Å²) in [6.45, 7) is 2.03. The molecule has 5 heteroatoms. The van der Waals surface area contributed by atoms with Gasteiger partial charge in [-0.2, -0.15) is 0 Å².